The highest BCUT2D eigenvalue weighted by atomic mass is 35.5. The average molecular weight is 408 g/mol. The van der Waals surface area contributed by atoms with E-state index >= 15 is 0 Å². The third kappa shape index (κ3) is 3.96. The van der Waals surface area contributed by atoms with E-state index in [-0.39, 0.29) is 11.5 Å². The number of carbonyl (C=O) groups excluding carboxylic acids is 1. The van der Waals surface area contributed by atoms with Gasteiger partial charge in [-0.3, -0.25) is 9.59 Å². The fourth-order valence-electron chi connectivity index (χ4n) is 3.74. The number of nitrogens with zero attached hydrogens (tertiary/aromatic N) is 2. The predicted octanol–water partition coefficient (Wildman–Crippen LogP) is 4.64. The van der Waals surface area contributed by atoms with Crippen LogP contribution in [0, 0.1) is 0 Å². The second kappa shape index (κ2) is 8.21. The maximum atomic E-state index is 13.1. The van der Waals surface area contributed by atoms with Gasteiger partial charge in [0, 0.05) is 21.8 Å². The highest BCUT2D eigenvalue weighted by molar-refractivity contribution is 6.30. The number of halogens is 1. The van der Waals surface area contributed by atoms with Crippen LogP contribution >= 0.6 is 11.6 Å². The van der Waals surface area contributed by atoms with Gasteiger partial charge in [-0.1, -0.05) is 41.9 Å². The first-order chi connectivity index (χ1) is 14.0. The summed E-state index contributed by atoms with van der Waals surface area (Å²) in [5.41, 5.74) is 4.03. The molecule has 0 saturated heterocycles. The van der Waals surface area contributed by atoms with Crippen molar-refractivity contribution in [2.75, 3.05) is 5.32 Å². The standard InChI is InChI=1S/C23H22ClN3O2/c1-15(22(28)25-18-13-11-17(24)12-14-18)27-23(29)20-10-6-5-9-19(20)21(26-27)16-7-3-2-4-8-16/h2-4,7-8,11-15H,5-6,9-10H2,1H3,(H,25,28)/t15-/m1/s1. The van der Waals surface area contributed by atoms with E-state index in [4.69, 9.17) is 11.6 Å². The first kappa shape index (κ1) is 19.4. The first-order valence-corrected chi connectivity index (χ1v) is 10.2. The lowest BCUT2D eigenvalue weighted by molar-refractivity contribution is -0.119. The van der Waals surface area contributed by atoms with Gasteiger partial charge in [0.25, 0.3) is 5.56 Å². The second-order valence-electron chi connectivity index (χ2n) is 7.30. The molecule has 0 bridgehead atoms. The number of aromatic nitrogens is 2. The summed E-state index contributed by atoms with van der Waals surface area (Å²) in [6.07, 6.45) is 3.59. The fourth-order valence-corrected chi connectivity index (χ4v) is 3.86. The van der Waals surface area contributed by atoms with Crippen molar-refractivity contribution in [3.8, 4) is 11.3 Å². The quantitative estimate of drug-likeness (QED) is 0.685. The monoisotopic (exact) mass is 407 g/mol. The summed E-state index contributed by atoms with van der Waals surface area (Å²) < 4.78 is 1.33. The largest absolute Gasteiger partial charge is 0.324 e. The van der Waals surface area contributed by atoms with Gasteiger partial charge in [0.2, 0.25) is 5.91 Å². The van der Waals surface area contributed by atoms with Crippen LogP contribution in [0.4, 0.5) is 5.69 Å². The molecule has 1 aliphatic rings. The molecule has 1 aromatic heterocycles. The SMILES string of the molecule is C[C@H](C(=O)Nc1ccc(Cl)cc1)n1nc(-c2ccccc2)c2c(c1=O)CCCC2. The number of anilines is 1. The molecule has 148 valence electrons. The van der Waals surface area contributed by atoms with Gasteiger partial charge in [0.05, 0.1) is 5.69 Å². The normalized spacial score (nSPS) is 14.1. The molecular weight excluding hydrogens is 386 g/mol. The van der Waals surface area contributed by atoms with E-state index in [0.29, 0.717) is 10.7 Å². The number of benzene rings is 2. The van der Waals surface area contributed by atoms with Crippen LogP contribution < -0.4 is 10.9 Å². The minimum atomic E-state index is -0.743. The maximum absolute atomic E-state index is 13.1. The van der Waals surface area contributed by atoms with E-state index in [2.05, 4.69) is 10.4 Å². The van der Waals surface area contributed by atoms with Crippen LogP contribution in [0.5, 0.6) is 0 Å². The molecule has 0 fully saturated rings. The Labute approximate surface area is 174 Å². The minimum absolute atomic E-state index is 0.168. The van der Waals surface area contributed by atoms with Crippen LogP contribution in [-0.2, 0) is 17.6 Å². The Hall–Kier alpha value is -2.92. The van der Waals surface area contributed by atoms with Crippen molar-refractivity contribution >= 4 is 23.2 Å². The zero-order valence-electron chi connectivity index (χ0n) is 16.2. The Bertz CT molecular complexity index is 1090. The van der Waals surface area contributed by atoms with Gasteiger partial charge in [0.15, 0.2) is 0 Å². The summed E-state index contributed by atoms with van der Waals surface area (Å²) in [6, 6.07) is 16.0. The summed E-state index contributed by atoms with van der Waals surface area (Å²) in [5.74, 6) is -0.295. The van der Waals surface area contributed by atoms with E-state index in [0.717, 1.165) is 48.1 Å². The summed E-state index contributed by atoms with van der Waals surface area (Å²) in [6.45, 7) is 1.70. The van der Waals surface area contributed by atoms with Crippen molar-refractivity contribution in [3.05, 3.63) is 81.1 Å². The zero-order valence-corrected chi connectivity index (χ0v) is 16.9. The highest BCUT2D eigenvalue weighted by Gasteiger charge is 2.25. The summed E-state index contributed by atoms with van der Waals surface area (Å²) in [7, 11) is 0. The molecule has 0 unspecified atom stereocenters. The maximum Gasteiger partial charge on any atom is 0.271 e. The topological polar surface area (TPSA) is 64.0 Å². The molecule has 29 heavy (non-hydrogen) atoms. The first-order valence-electron chi connectivity index (χ1n) is 9.81. The average Bonchev–Trinajstić information content (AvgIpc) is 2.76. The number of amides is 1. The number of nitrogens with one attached hydrogen (secondary N) is 1. The summed E-state index contributed by atoms with van der Waals surface area (Å²) >= 11 is 5.90. The molecule has 0 radical (unpaired) electrons. The molecule has 4 rings (SSSR count). The van der Waals surface area contributed by atoms with Gasteiger partial charge in [0.1, 0.15) is 6.04 Å². The van der Waals surface area contributed by atoms with E-state index < -0.39 is 6.04 Å². The number of rotatable bonds is 4. The minimum Gasteiger partial charge on any atom is -0.324 e. The lowest BCUT2D eigenvalue weighted by Gasteiger charge is -2.22. The molecule has 0 aliphatic heterocycles. The van der Waals surface area contributed by atoms with Gasteiger partial charge in [-0.2, -0.15) is 5.10 Å². The number of hydrogen-bond acceptors (Lipinski definition) is 3. The fraction of sp³-hybridized carbons (Fsp3) is 0.261. The molecule has 0 saturated carbocycles. The molecule has 1 atom stereocenters. The van der Waals surface area contributed by atoms with E-state index in [1.165, 1.54) is 4.68 Å². The molecule has 1 N–H and O–H groups in total. The molecule has 3 aromatic rings. The third-order valence-electron chi connectivity index (χ3n) is 5.33. The number of fused-ring (bicyclic) bond motifs is 1. The van der Waals surface area contributed by atoms with Crippen molar-refractivity contribution in [3.63, 3.8) is 0 Å². The van der Waals surface area contributed by atoms with Gasteiger partial charge >= 0.3 is 0 Å². The molecule has 1 heterocycles. The molecule has 1 aliphatic carbocycles. The van der Waals surface area contributed by atoms with Crippen LogP contribution in [0.25, 0.3) is 11.3 Å². The Morgan fingerprint density at radius 2 is 1.69 bits per heavy atom. The molecule has 6 heteroatoms. The lowest BCUT2D eigenvalue weighted by Crippen LogP contribution is -2.37. The van der Waals surface area contributed by atoms with E-state index in [1.54, 1.807) is 31.2 Å². The van der Waals surface area contributed by atoms with Crippen LogP contribution in [0.2, 0.25) is 5.02 Å². The van der Waals surface area contributed by atoms with Crippen molar-refractivity contribution < 1.29 is 4.79 Å². The van der Waals surface area contributed by atoms with Crippen LogP contribution in [0.1, 0.15) is 36.9 Å². The van der Waals surface area contributed by atoms with Crippen molar-refractivity contribution in [2.45, 2.75) is 38.6 Å². The zero-order chi connectivity index (χ0) is 20.4. The number of carbonyl (C=O) groups is 1. The molecule has 0 spiro atoms. The van der Waals surface area contributed by atoms with Crippen molar-refractivity contribution in [2.24, 2.45) is 0 Å². The van der Waals surface area contributed by atoms with Gasteiger partial charge in [-0.25, -0.2) is 4.68 Å². The van der Waals surface area contributed by atoms with Gasteiger partial charge in [-0.05, 0) is 62.4 Å². The Morgan fingerprint density at radius 3 is 2.38 bits per heavy atom. The molecule has 1 amide bonds. The predicted molar refractivity (Wildman–Crippen MR) is 115 cm³/mol. The van der Waals surface area contributed by atoms with Gasteiger partial charge in [-0.15, -0.1) is 0 Å². The Kier molecular flexibility index (Phi) is 5.49. The van der Waals surface area contributed by atoms with Crippen molar-refractivity contribution in [1.29, 1.82) is 0 Å². The summed E-state index contributed by atoms with van der Waals surface area (Å²) in [4.78, 5) is 26.0. The third-order valence-corrected chi connectivity index (χ3v) is 5.58. The number of hydrogen-bond donors (Lipinski definition) is 1. The molecule has 5 nitrogen and oxygen atoms in total. The van der Waals surface area contributed by atoms with E-state index in [9.17, 15) is 9.59 Å². The van der Waals surface area contributed by atoms with Crippen molar-refractivity contribution in [1.82, 2.24) is 9.78 Å². The van der Waals surface area contributed by atoms with Crippen LogP contribution in [-0.4, -0.2) is 15.7 Å². The van der Waals surface area contributed by atoms with Gasteiger partial charge < -0.3 is 5.32 Å². The molecule has 2 aromatic carbocycles. The lowest BCUT2D eigenvalue weighted by atomic mass is 9.89. The molecular formula is C23H22ClN3O2. The Morgan fingerprint density at radius 1 is 1.03 bits per heavy atom. The van der Waals surface area contributed by atoms with E-state index in [1.807, 2.05) is 30.3 Å². The second-order valence-corrected chi connectivity index (χ2v) is 7.74. The van der Waals surface area contributed by atoms with Crippen LogP contribution in [0.15, 0.2) is 59.4 Å². The smallest absolute Gasteiger partial charge is 0.271 e. The van der Waals surface area contributed by atoms with Crippen LogP contribution in [0.3, 0.4) is 0 Å². The summed E-state index contributed by atoms with van der Waals surface area (Å²) in [5, 5.41) is 8.09. The highest BCUT2D eigenvalue weighted by Crippen LogP contribution is 2.28. The Balaban J connectivity index is 1.73.